The molecule has 0 radical (unpaired) electrons. The molecule has 0 aliphatic carbocycles. The Hall–Kier alpha value is -1.59. The van der Waals surface area contributed by atoms with E-state index in [-0.39, 0.29) is 11.6 Å². The van der Waals surface area contributed by atoms with Gasteiger partial charge in [0, 0.05) is 15.7 Å². The standard InChI is InChI=1S/C14H12BrClN2O2/c1-8(10-4-2-3-5-12(10)16)18-13-11(14(19)20)6-9(15)7-17-13/h2-8H,1H3,(H,17,18)(H,19,20). The van der Waals surface area contributed by atoms with Crippen molar-refractivity contribution >= 4 is 39.3 Å². The summed E-state index contributed by atoms with van der Waals surface area (Å²) in [6.07, 6.45) is 1.55. The third kappa shape index (κ3) is 3.29. The van der Waals surface area contributed by atoms with E-state index in [1.54, 1.807) is 12.3 Å². The number of hydrogen-bond acceptors (Lipinski definition) is 3. The number of carboxylic acid groups (broad SMARTS) is 1. The van der Waals surface area contributed by atoms with E-state index >= 15 is 0 Å². The maximum Gasteiger partial charge on any atom is 0.339 e. The number of hydrogen-bond donors (Lipinski definition) is 2. The third-order valence-electron chi connectivity index (χ3n) is 2.81. The lowest BCUT2D eigenvalue weighted by Gasteiger charge is -2.17. The number of aromatic nitrogens is 1. The largest absolute Gasteiger partial charge is 0.478 e. The second-order valence-electron chi connectivity index (χ2n) is 4.24. The summed E-state index contributed by atoms with van der Waals surface area (Å²) in [5.41, 5.74) is 0.994. The van der Waals surface area contributed by atoms with Crippen LogP contribution >= 0.6 is 27.5 Å². The monoisotopic (exact) mass is 354 g/mol. The van der Waals surface area contributed by atoms with E-state index in [1.165, 1.54) is 6.07 Å². The van der Waals surface area contributed by atoms with Crippen molar-refractivity contribution in [1.82, 2.24) is 4.98 Å². The van der Waals surface area contributed by atoms with Gasteiger partial charge < -0.3 is 10.4 Å². The number of nitrogens with one attached hydrogen (secondary N) is 1. The highest BCUT2D eigenvalue weighted by molar-refractivity contribution is 9.10. The Morgan fingerprint density at radius 2 is 2.15 bits per heavy atom. The smallest absolute Gasteiger partial charge is 0.339 e. The molecule has 20 heavy (non-hydrogen) atoms. The van der Waals surface area contributed by atoms with Gasteiger partial charge in [-0.15, -0.1) is 0 Å². The number of rotatable bonds is 4. The fourth-order valence-corrected chi connectivity index (χ4v) is 2.46. The van der Waals surface area contributed by atoms with Crippen LogP contribution in [-0.2, 0) is 0 Å². The minimum absolute atomic E-state index is 0.110. The van der Waals surface area contributed by atoms with E-state index in [2.05, 4.69) is 26.2 Å². The van der Waals surface area contributed by atoms with Gasteiger partial charge in [-0.2, -0.15) is 0 Å². The van der Waals surface area contributed by atoms with Crippen molar-refractivity contribution in [2.24, 2.45) is 0 Å². The predicted molar refractivity (Wildman–Crippen MR) is 82.4 cm³/mol. The summed E-state index contributed by atoms with van der Waals surface area (Å²) in [5.74, 6) is -0.722. The molecule has 0 aliphatic heterocycles. The van der Waals surface area contributed by atoms with Gasteiger partial charge in [-0.25, -0.2) is 9.78 Å². The lowest BCUT2D eigenvalue weighted by molar-refractivity contribution is 0.0697. The molecule has 1 atom stereocenters. The number of benzene rings is 1. The van der Waals surface area contributed by atoms with Crippen LogP contribution < -0.4 is 5.32 Å². The normalized spacial score (nSPS) is 11.9. The van der Waals surface area contributed by atoms with Crippen LogP contribution in [0.15, 0.2) is 41.0 Å². The van der Waals surface area contributed by atoms with E-state index in [4.69, 9.17) is 11.6 Å². The first kappa shape index (κ1) is 14.8. The molecule has 0 spiro atoms. The summed E-state index contributed by atoms with van der Waals surface area (Å²) < 4.78 is 0.617. The van der Waals surface area contributed by atoms with Crippen LogP contribution in [0.4, 0.5) is 5.82 Å². The summed E-state index contributed by atoms with van der Waals surface area (Å²) in [6.45, 7) is 1.90. The zero-order valence-corrected chi connectivity index (χ0v) is 12.9. The molecule has 1 aromatic carbocycles. The van der Waals surface area contributed by atoms with Gasteiger partial charge in [0.2, 0.25) is 0 Å². The van der Waals surface area contributed by atoms with Gasteiger partial charge in [-0.3, -0.25) is 0 Å². The molecular weight excluding hydrogens is 344 g/mol. The first-order chi connectivity index (χ1) is 9.49. The molecule has 4 nitrogen and oxygen atoms in total. The number of carboxylic acids is 1. The van der Waals surface area contributed by atoms with E-state index in [9.17, 15) is 9.90 Å². The van der Waals surface area contributed by atoms with Crippen LogP contribution in [0.2, 0.25) is 5.02 Å². The van der Waals surface area contributed by atoms with Crippen LogP contribution in [0, 0.1) is 0 Å². The maximum absolute atomic E-state index is 11.2. The highest BCUT2D eigenvalue weighted by Gasteiger charge is 2.16. The van der Waals surface area contributed by atoms with Gasteiger partial charge in [0.25, 0.3) is 0 Å². The average molecular weight is 356 g/mol. The highest BCUT2D eigenvalue weighted by Crippen LogP contribution is 2.27. The molecule has 2 N–H and O–H groups in total. The van der Waals surface area contributed by atoms with Gasteiger partial charge >= 0.3 is 5.97 Å². The zero-order chi connectivity index (χ0) is 14.7. The van der Waals surface area contributed by atoms with Crippen molar-refractivity contribution in [3.63, 3.8) is 0 Å². The molecule has 0 fully saturated rings. The van der Waals surface area contributed by atoms with Gasteiger partial charge in [0.15, 0.2) is 0 Å². The zero-order valence-electron chi connectivity index (χ0n) is 10.6. The number of nitrogens with zero attached hydrogens (tertiary/aromatic N) is 1. The van der Waals surface area contributed by atoms with E-state index in [0.29, 0.717) is 15.3 Å². The van der Waals surface area contributed by atoms with Gasteiger partial charge in [-0.05, 0) is 40.5 Å². The minimum Gasteiger partial charge on any atom is -0.478 e. The second-order valence-corrected chi connectivity index (χ2v) is 5.57. The molecule has 2 aromatic rings. The molecule has 1 aromatic heterocycles. The lowest BCUT2D eigenvalue weighted by Crippen LogP contribution is -2.12. The average Bonchev–Trinajstić information content (AvgIpc) is 2.41. The van der Waals surface area contributed by atoms with Crippen molar-refractivity contribution in [2.75, 3.05) is 5.32 Å². The molecule has 6 heteroatoms. The first-order valence-electron chi connectivity index (χ1n) is 5.89. The number of carbonyl (C=O) groups is 1. The predicted octanol–water partition coefficient (Wildman–Crippen LogP) is 4.37. The SMILES string of the molecule is CC(Nc1ncc(Br)cc1C(=O)O)c1ccccc1Cl. The maximum atomic E-state index is 11.2. The number of pyridine rings is 1. The molecule has 2 rings (SSSR count). The topological polar surface area (TPSA) is 62.2 Å². The van der Waals surface area contributed by atoms with Crippen LogP contribution in [0.1, 0.15) is 28.9 Å². The van der Waals surface area contributed by atoms with Gasteiger partial charge in [-0.1, -0.05) is 29.8 Å². The van der Waals surface area contributed by atoms with Gasteiger partial charge in [0.05, 0.1) is 6.04 Å². The van der Waals surface area contributed by atoms with Crippen LogP contribution in [0.25, 0.3) is 0 Å². The van der Waals surface area contributed by atoms with Crippen LogP contribution in [-0.4, -0.2) is 16.1 Å². The Balaban J connectivity index is 2.31. The molecule has 104 valence electrons. The van der Waals surface area contributed by atoms with Crippen LogP contribution in [0.3, 0.4) is 0 Å². The summed E-state index contributed by atoms with van der Waals surface area (Å²) in [4.78, 5) is 15.3. The molecule has 0 bridgehead atoms. The second kappa shape index (κ2) is 6.24. The van der Waals surface area contributed by atoms with Crippen LogP contribution in [0.5, 0.6) is 0 Å². The Labute approximate surface area is 129 Å². The Kier molecular flexibility index (Phi) is 4.62. The minimum atomic E-state index is -1.03. The van der Waals surface area contributed by atoms with Crippen molar-refractivity contribution < 1.29 is 9.90 Å². The summed E-state index contributed by atoms with van der Waals surface area (Å²) in [6, 6.07) is 8.76. The van der Waals surface area contributed by atoms with Crippen molar-refractivity contribution in [3.05, 3.63) is 57.2 Å². The Bertz CT molecular complexity index is 649. The fourth-order valence-electron chi connectivity index (χ4n) is 1.83. The molecule has 1 unspecified atom stereocenters. The molecule has 0 aliphatic rings. The Morgan fingerprint density at radius 1 is 1.45 bits per heavy atom. The van der Waals surface area contributed by atoms with Crippen molar-refractivity contribution in [3.8, 4) is 0 Å². The third-order valence-corrected chi connectivity index (χ3v) is 3.59. The molecule has 0 saturated carbocycles. The van der Waals surface area contributed by atoms with Gasteiger partial charge in [0.1, 0.15) is 11.4 Å². The summed E-state index contributed by atoms with van der Waals surface area (Å²) in [5, 5.41) is 12.9. The quantitative estimate of drug-likeness (QED) is 0.855. The Morgan fingerprint density at radius 3 is 2.80 bits per heavy atom. The number of anilines is 1. The lowest BCUT2D eigenvalue weighted by atomic mass is 10.1. The molecule has 0 saturated heterocycles. The summed E-state index contributed by atoms with van der Waals surface area (Å²) in [7, 11) is 0. The number of aromatic carboxylic acids is 1. The van der Waals surface area contributed by atoms with Crippen molar-refractivity contribution in [2.45, 2.75) is 13.0 Å². The highest BCUT2D eigenvalue weighted by atomic mass is 79.9. The van der Waals surface area contributed by atoms with E-state index in [1.807, 2.05) is 25.1 Å². The summed E-state index contributed by atoms with van der Waals surface area (Å²) >= 11 is 9.34. The molecule has 0 amide bonds. The fraction of sp³-hybridized carbons (Fsp3) is 0.143. The first-order valence-corrected chi connectivity index (χ1v) is 7.06. The van der Waals surface area contributed by atoms with E-state index < -0.39 is 5.97 Å². The molecular formula is C14H12BrClN2O2. The number of halogens is 2. The molecule has 1 heterocycles. The van der Waals surface area contributed by atoms with E-state index in [0.717, 1.165) is 5.56 Å². The van der Waals surface area contributed by atoms with Crippen molar-refractivity contribution in [1.29, 1.82) is 0 Å².